The van der Waals surface area contributed by atoms with Gasteiger partial charge in [-0.2, -0.15) is 0 Å². The van der Waals surface area contributed by atoms with Crippen LogP contribution >= 0.6 is 22.7 Å². The standard InChI is InChI=1S/C56H40N2O6S2/c59-49-35-19-29-11-3-4-12-30(29)20-36(35)50(60)47(49)57-45-27-41-53(65-45)39-23-34-26-44-40(24-33(34)25-43(39)63-55(41)15-7-1-8-16-55)54-42(56(64-44)17-9-2-10-18-56)28-46(66-54)58-48-51(61)37-21-31-13-5-6-14-32(31)22-38(37)52(48)62/h3-6,11-14,19-28,33-34H,1-2,7-10,15-18H2. The number of nitrogens with zero attached hydrogens (tertiary/aromatic N) is 2. The van der Waals surface area contributed by atoms with E-state index < -0.39 is 11.2 Å². The molecule has 4 aliphatic carbocycles. The van der Waals surface area contributed by atoms with Crippen LogP contribution in [0.5, 0.6) is 0 Å². The van der Waals surface area contributed by atoms with Gasteiger partial charge in [-0.25, -0.2) is 9.98 Å². The van der Waals surface area contributed by atoms with Crippen LogP contribution in [0.3, 0.4) is 0 Å². The summed E-state index contributed by atoms with van der Waals surface area (Å²) in [7, 11) is 0. The summed E-state index contributed by atoms with van der Waals surface area (Å²) in [6.07, 6.45) is 19.1. The fraction of sp³-hybridized carbons (Fsp3) is 0.250. The minimum atomic E-state index is -0.524. The van der Waals surface area contributed by atoms with Crippen LogP contribution in [0.25, 0.3) is 54.2 Å². The van der Waals surface area contributed by atoms with Crippen LogP contribution in [0, 0.1) is 11.8 Å². The van der Waals surface area contributed by atoms with E-state index in [0.29, 0.717) is 31.5 Å². The highest BCUT2D eigenvalue weighted by Crippen LogP contribution is 2.59. The van der Waals surface area contributed by atoms with Gasteiger partial charge in [0.2, 0.25) is 21.7 Å². The van der Waals surface area contributed by atoms with E-state index in [1.165, 1.54) is 22.7 Å². The molecule has 2 unspecified atom stereocenters. The zero-order chi connectivity index (χ0) is 44.1. The van der Waals surface area contributed by atoms with E-state index >= 15 is 0 Å². The number of hydrogen-bond donors (Lipinski definition) is 0. The lowest BCUT2D eigenvalue weighted by Gasteiger charge is -2.46. The summed E-state index contributed by atoms with van der Waals surface area (Å²) >= 11 is 3.07. The topological polar surface area (TPSA) is 111 Å². The summed E-state index contributed by atoms with van der Waals surface area (Å²) < 4.78 is 14.4. The van der Waals surface area contributed by atoms with E-state index in [4.69, 9.17) is 19.5 Å². The van der Waals surface area contributed by atoms with Crippen LogP contribution in [-0.2, 0) is 20.7 Å². The summed E-state index contributed by atoms with van der Waals surface area (Å²) in [5.74, 6) is 1.69. The third-order valence-corrected chi connectivity index (χ3v) is 17.4. The number of allylic oxidation sites excluding steroid dienone is 6. The Kier molecular flexibility index (Phi) is 8.17. The summed E-state index contributed by atoms with van der Waals surface area (Å²) in [5, 5.41) is 6.51. The molecule has 2 aliphatic heterocycles. The molecule has 2 fully saturated rings. The molecule has 0 N–H and O–H groups in total. The summed E-state index contributed by atoms with van der Waals surface area (Å²) in [6.45, 7) is 0. The monoisotopic (exact) mass is 900 g/mol. The zero-order valence-electron chi connectivity index (χ0n) is 35.8. The van der Waals surface area contributed by atoms with Crippen LogP contribution in [0.2, 0.25) is 0 Å². The third kappa shape index (κ3) is 5.54. The molecule has 4 heterocycles. The number of hydrogen-bond acceptors (Lipinski definition) is 10. The van der Waals surface area contributed by atoms with E-state index in [2.05, 4.69) is 36.4 Å². The number of fused-ring (bicyclic) bond motifs is 13. The van der Waals surface area contributed by atoms with Gasteiger partial charge in [0.05, 0.1) is 0 Å². The first-order valence-corrected chi connectivity index (χ1v) is 24.8. The molecule has 14 rings (SSSR count). The van der Waals surface area contributed by atoms with Crippen molar-refractivity contribution >= 4 is 86.9 Å². The smallest absolute Gasteiger partial charge is 0.216 e. The van der Waals surface area contributed by atoms with Gasteiger partial charge in [0.15, 0.2) is 10.7 Å². The minimum absolute atomic E-state index is 0.0116. The Morgan fingerprint density at radius 3 is 1.15 bits per heavy atom. The van der Waals surface area contributed by atoms with Crippen molar-refractivity contribution in [2.24, 2.45) is 21.8 Å². The molecule has 2 spiro atoms. The third-order valence-electron chi connectivity index (χ3n) is 15.3. The second-order valence-electron chi connectivity index (χ2n) is 19.1. The molecule has 8 aromatic rings. The zero-order valence-corrected chi connectivity index (χ0v) is 37.4. The molecule has 0 saturated heterocycles. The van der Waals surface area contributed by atoms with Gasteiger partial charge in [0, 0.05) is 65.4 Å². The van der Waals surface area contributed by atoms with Gasteiger partial charge < -0.3 is 9.47 Å². The van der Waals surface area contributed by atoms with Gasteiger partial charge in [-0.1, -0.05) is 73.5 Å². The van der Waals surface area contributed by atoms with Crippen molar-refractivity contribution in [3.63, 3.8) is 0 Å². The van der Waals surface area contributed by atoms with E-state index in [1.54, 1.807) is 0 Å². The maximum atomic E-state index is 13.8. The molecule has 10 heteroatoms. The predicted octanol–water partition coefficient (Wildman–Crippen LogP) is 11.0. The molecular formula is C56H40N2O6S2. The van der Waals surface area contributed by atoms with Crippen molar-refractivity contribution in [2.75, 3.05) is 0 Å². The minimum Gasteiger partial charge on any atom is -0.482 e. The lowest BCUT2D eigenvalue weighted by Crippen LogP contribution is -2.37. The van der Waals surface area contributed by atoms with Gasteiger partial charge in [-0.15, -0.1) is 22.7 Å². The summed E-state index contributed by atoms with van der Waals surface area (Å²) in [5.41, 5.74) is 1.86. The second kappa shape index (κ2) is 14.0. The summed E-state index contributed by atoms with van der Waals surface area (Å²) in [6, 6.07) is 27.0. The molecule has 0 radical (unpaired) electrons. The van der Waals surface area contributed by atoms with E-state index in [1.807, 2.05) is 72.8 Å². The molecule has 0 amide bonds. The Bertz CT molecular complexity index is 3560. The molecule has 8 nitrogen and oxygen atoms in total. The van der Waals surface area contributed by atoms with Crippen LogP contribution in [-0.4, -0.2) is 0 Å². The maximum Gasteiger partial charge on any atom is 0.216 e. The SMILES string of the molecule is O=c1c(=Nc2cc3c(s2)C2=CC4C=C5OC6(CCCCC6)c6cc(N=c7c(=O)c8cc9ccccc9cc8c7=O)sc6C5=CC4C=C2OC32CCCCC2)c(=O)c2cc3ccccc3cc12. The molecule has 6 aliphatic rings. The van der Waals surface area contributed by atoms with Gasteiger partial charge >= 0.3 is 0 Å². The van der Waals surface area contributed by atoms with Crippen LogP contribution in [0.4, 0.5) is 10.0 Å². The first-order valence-electron chi connectivity index (χ1n) is 23.2. The van der Waals surface area contributed by atoms with E-state index in [9.17, 15) is 19.2 Å². The average molecular weight is 901 g/mol. The molecule has 0 bridgehead atoms. The number of benzene rings is 4. The summed E-state index contributed by atoms with van der Waals surface area (Å²) in [4.78, 5) is 67.2. The van der Waals surface area contributed by atoms with Crippen molar-refractivity contribution in [2.45, 2.75) is 75.4 Å². The molecule has 6 aromatic carbocycles. The number of ether oxygens (including phenoxy) is 2. The van der Waals surface area contributed by atoms with Crippen LogP contribution in [0.15, 0.2) is 150 Å². The number of rotatable bonds is 2. The highest BCUT2D eigenvalue weighted by atomic mass is 32.1. The highest BCUT2D eigenvalue weighted by Gasteiger charge is 2.49. The molecular weight excluding hydrogens is 861 g/mol. The van der Waals surface area contributed by atoms with Crippen molar-refractivity contribution in [3.05, 3.63) is 193 Å². The predicted molar refractivity (Wildman–Crippen MR) is 263 cm³/mol. The van der Waals surface area contributed by atoms with Crippen molar-refractivity contribution in [1.29, 1.82) is 0 Å². The maximum absolute atomic E-state index is 13.8. The molecule has 2 aromatic heterocycles. The van der Waals surface area contributed by atoms with Gasteiger partial charge in [0.25, 0.3) is 0 Å². The van der Waals surface area contributed by atoms with Crippen molar-refractivity contribution < 1.29 is 9.47 Å². The van der Waals surface area contributed by atoms with Crippen LogP contribution < -0.4 is 32.4 Å². The fourth-order valence-corrected chi connectivity index (χ4v) is 14.3. The normalized spacial score (nSPS) is 21.2. The first-order chi connectivity index (χ1) is 32.2. The van der Waals surface area contributed by atoms with E-state index in [-0.39, 0.29) is 44.3 Å². The molecule has 322 valence electrons. The fourth-order valence-electron chi connectivity index (χ4n) is 12.0. The van der Waals surface area contributed by atoms with Crippen molar-refractivity contribution in [1.82, 2.24) is 0 Å². The number of thiophene rings is 2. The molecule has 2 atom stereocenters. The Hall–Kier alpha value is -6.62. The quantitative estimate of drug-likeness (QED) is 0.171. The largest absolute Gasteiger partial charge is 0.482 e. The van der Waals surface area contributed by atoms with Gasteiger partial charge in [-0.05, 0) is 121 Å². The molecule has 2 saturated carbocycles. The Morgan fingerprint density at radius 2 is 0.803 bits per heavy atom. The van der Waals surface area contributed by atoms with Crippen molar-refractivity contribution in [3.8, 4) is 0 Å². The average Bonchev–Trinajstić information content (AvgIpc) is 4.09. The van der Waals surface area contributed by atoms with Gasteiger partial charge in [0.1, 0.15) is 32.7 Å². The lowest BCUT2D eigenvalue weighted by atomic mass is 9.72. The Balaban J connectivity index is 0.881. The second-order valence-corrected chi connectivity index (χ2v) is 21.1. The van der Waals surface area contributed by atoms with Crippen LogP contribution in [0.1, 0.15) is 85.1 Å². The van der Waals surface area contributed by atoms with Gasteiger partial charge in [-0.3, -0.25) is 19.2 Å². The lowest BCUT2D eigenvalue weighted by molar-refractivity contribution is -0.0338. The Labute approximate surface area is 384 Å². The Morgan fingerprint density at radius 1 is 0.455 bits per heavy atom. The highest BCUT2D eigenvalue weighted by molar-refractivity contribution is 7.17. The molecule has 66 heavy (non-hydrogen) atoms. The van der Waals surface area contributed by atoms with E-state index in [0.717, 1.165) is 129 Å². The first kappa shape index (κ1) is 38.6.